The number of hydrogen-bond donors (Lipinski definition) is 2. The Hall–Kier alpha value is -2.14. The lowest BCUT2D eigenvalue weighted by molar-refractivity contribution is 0.100. The van der Waals surface area contributed by atoms with Crippen molar-refractivity contribution < 1.29 is 4.79 Å². The second-order valence-corrected chi connectivity index (χ2v) is 3.74. The largest absolute Gasteiger partial charge is 0.330 e. The highest BCUT2D eigenvalue weighted by Crippen LogP contribution is 2.10. The molecule has 0 bridgehead atoms. The summed E-state index contributed by atoms with van der Waals surface area (Å²) in [6.07, 6.45) is 1.64. The summed E-state index contributed by atoms with van der Waals surface area (Å²) in [5, 5.41) is 0. The molecule has 0 atom stereocenters. The van der Waals surface area contributed by atoms with Crippen molar-refractivity contribution >= 4 is 5.78 Å². The van der Waals surface area contributed by atoms with Gasteiger partial charge in [-0.1, -0.05) is 0 Å². The van der Waals surface area contributed by atoms with Gasteiger partial charge in [0.2, 0.25) is 0 Å². The standard InChI is InChI=1S/C12H13N3O2/c1-8-7-14-12(17)15(8)10-4-2-9(3-5-10)11(16)6-13/h2-5,7H,6,13H2,1H3,(H,14,17). The Kier molecular flexibility index (Phi) is 2.93. The monoisotopic (exact) mass is 231 g/mol. The molecule has 0 saturated heterocycles. The molecular formula is C12H13N3O2. The fourth-order valence-corrected chi connectivity index (χ4v) is 1.69. The number of rotatable bonds is 3. The number of nitrogens with one attached hydrogen (secondary N) is 1. The highest BCUT2D eigenvalue weighted by atomic mass is 16.1. The molecule has 2 rings (SSSR count). The second-order valence-electron chi connectivity index (χ2n) is 3.74. The smallest absolute Gasteiger partial charge is 0.324 e. The van der Waals surface area contributed by atoms with Crippen molar-refractivity contribution in [1.29, 1.82) is 0 Å². The molecule has 1 heterocycles. The molecule has 1 aromatic carbocycles. The van der Waals surface area contributed by atoms with Gasteiger partial charge in [-0.2, -0.15) is 0 Å². The average Bonchev–Trinajstić information content (AvgIpc) is 2.68. The van der Waals surface area contributed by atoms with Gasteiger partial charge in [0.15, 0.2) is 5.78 Å². The Morgan fingerprint density at radius 3 is 2.47 bits per heavy atom. The van der Waals surface area contributed by atoms with Gasteiger partial charge >= 0.3 is 5.69 Å². The SMILES string of the molecule is Cc1c[nH]c(=O)n1-c1ccc(C(=O)CN)cc1. The number of benzene rings is 1. The van der Waals surface area contributed by atoms with E-state index in [0.717, 1.165) is 11.4 Å². The van der Waals surface area contributed by atoms with Gasteiger partial charge < -0.3 is 10.7 Å². The van der Waals surface area contributed by atoms with E-state index in [4.69, 9.17) is 5.73 Å². The first-order valence-electron chi connectivity index (χ1n) is 5.24. The zero-order chi connectivity index (χ0) is 12.4. The third-order valence-electron chi connectivity index (χ3n) is 2.59. The molecule has 2 aromatic rings. The van der Waals surface area contributed by atoms with Crippen LogP contribution < -0.4 is 11.4 Å². The van der Waals surface area contributed by atoms with E-state index < -0.39 is 0 Å². The molecule has 0 aliphatic rings. The fourth-order valence-electron chi connectivity index (χ4n) is 1.69. The Morgan fingerprint density at radius 1 is 1.35 bits per heavy atom. The number of aromatic nitrogens is 2. The highest BCUT2D eigenvalue weighted by molar-refractivity contribution is 5.97. The number of ketones is 1. The second kappa shape index (κ2) is 4.39. The van der Waals surface area contributed by atoms with Gasteiger partial charge in [0.25, 0.3) is 0 Å². The molecule has 0 saturated carbocycles. The van der Waals surface area contributed by atoms with E-state index >= 15 is 0 Å². The number of Topliss-reactive ketones (excluding diaryl/α,β-unsaturated/α-hetero) is 1. The van der Waals surface area contributed by atoms with Crippen LogP contribution >= 0.6 is 0 Å². The molecule has 0 aliphatic carbocycles. The molecule has 0 amide bonds. The Morgan fingerprint density at radius 2 is 2.00 bits per heavy atom. The minimum atomic E-state index is -0.194. The van der Waals surface area contributed by atoms with Crippen LogP contribution in [0.2, 0.25) is 0 Å². The number of aryl methyl sites for hydroxylation is 1. The number of nitrogens with zero attached hydrogens (tertiary/aromatic N) is 1. The van der Waals surface area contributed by atoms with E-state index in [-0.39, 0.29) is 18.0 Å². The average molecular weight is 231 g/mol. The summed E-state index contributed by atoms with van der Waals surface area (Å²) in [4.78, 5) is 25.5. The van der Waals surface area contributed by atoms with Crippen molar-refractivity contribution in [3.8, 4) is 5.69 Å². The first kappa shape index (κ1) is 11.3. The molecular weight excluding hydrogens is 218 g/mol. The van der Waals surface area contributed by atoms with Crippen LogP contribution in [0.3, 0.4) is 0 Å². The minimum Gasteiger partial charge on any atom is -0.324 e. The van der Waals surface area contributed by atoms with Crippen LogP contribution in [0.5, 0.6) is 0 Å². The molecule has 0 radical (unpaired) electrons. The van der Waals surface area contributed by atoms with Crippen molar-refractivity contribution in [1.82, 2.24) is 9.55 Å². The quantitative estimate of drug-likeness (QED) is 0.760. The molecule has 0 aliphatic heterocycles. The van der Waals surface area contributed by atoms with E-state index in [1.807, 2.05) is 6.92 Å². The maximum Gasteiger partial charge on any atom is 0.330 e. The van der Waals surface area contributed by atoms with Gasteiger partial charge in [-0.15, -0.1) is 0 Å². The van der Waals surface area contributed by atoms with Gasteiger partial charge in [-0.05, 0) is 31.2 Å². The summed E-state index contributed by atoms with van der Waals surface area (Å²) in [5.74, 6) is -0.116. The van der Waals surface area contributed by atoms with Gasteiger partial charge in [0.1, 0.15) is 0 Å². The summed E-state index contributed by atoms with van der Waals surface area (Å²) in [6, 6.07) is 6.79. The van der Waals surface area contributed by atoms with Gasteiger partial charge in [-0.3, -0.25) is 9.36 Å². The summed E-state index contributed by atoms with van der Waals surface area (Å²) >= 11 is 0. The van der Waals surface area contributed by atoms with Gasteiger partial charge in [0.05, 0.1) is 12.2 Å². The van der Waals surface area contributed by atoms with Crippen LogP contribution in [-0.2, 0) is 0 Å². The van der Waals surface area contributed by atoms with Crippen molar-refractivity contribution in [2.24, 2.45) is 5.73 Å². The van der Waals surface area contributed by atoms with E-state index in [1.165, 1.54) is 4.57 Å². The first-order valence-corrected chi connectivity index (χ1v) is 5.24. The molecule has 88 valence electrons. The lowest BCUT2D eigenvalue weighted by Gasteiger charge is -2.04. The predicted molar refractivity (Wildman–Crippen MR) is 64.5 cm³/mol. The Bertz CT molecular complexity index is 593. The number of carbonyl (C=O) groups is 1. The van der Waals surface area contributed by atoms with Crippen LogP contribution in [0.4, 0.5) is 0 Å². The number of H-pyrrole nitrogens is 1. The van der Waals surface area contributed by atoms with Crippen LogP contribution in [0, 0.1) is 6.92 Å². The Balaban J connectivity index is 2.43. The number of nitrogens with two attached hydrogens (primary N) is 1. The van der Waals surface area contributed by atoms with Crippen molar-refractivity contribution in [2.45, 2.75) is 6.92 Å². The molecule has 0 unspecified atom stereocenters. The summed E-state index contributed by atoms with van der Waals surface area (Å²) < 4.78 is 1.54. The normalized spacial score (nSPS) is 10.5. The van der Waals surface area contributed by atoms with Gasteiger partial charge in [-0.25, -0.2) is 4.79 Å². The minimum absolute atomic E-state index is 0.0114. The van der Waals surface area contributed by atoms with Crippen LogP contribution in [0.1, 0.15) is 16.1 Å². The third kappa shape index (κ3) is 2.05. The van der Waals surface area contributed by atoms with E-state index in [1.54, 1.807) is 30.5 Å². The maximum atomic E-state index is 11.5. The van der Waals surface area contributed by atoms with Crippen molar-refractivity contribution in [3.05, 3.63) is 52.2 Å². The molecule has 5 heteroatoms. The first-order chi connectivity index (χ1) is 8.13. The summed E-state index contributed by atoms with van der Waals surface area (Å²) in [6.45, 7) is 1.82. The molecule has 0 spiro atoms. The van der Waals surface area contributed by atoms with Gasteiger partial charge in [0, 0.05) is 17.5 Å². The van der Waals surface area contributed by atoms with E-state index in [0.29, 0.717) is 5.56 Å². The third-order valence-corrected chi connectivity index (χ3v) is 2.59. The Labute approximate surface area is 97.9 Å². The van der Waals surface area contributed by atoms with Crippen molar-refractivity contribution in [3.63, 3.8) is 0 Å². The van der Waals surface area contributed by atoms with Crippen LogP contribution in [0.15, 0.2) is 35.3 Å². The number of aromatic amines is 1. The molecule has 0 fully saturated rings. The number of hydrogen-bond acceptors (Lipinski definition) is 3. The zero-order valence-corrected chi connectivity index (χ0v) is 9.43. The number of imidazole rings is 1. The number of carbonyl (C=O) groups excluding carboxylic acids is 1. The zero-order valence-electron chi connectivity index (χ0n) is 9.43. The maximum absolute atomic E-state index is 11.5. The summed E-state index contributed by atoms with van der Waals surface area (Å²) in [7, 11) is 0. The summed E-state index contributed by atoms with van der Waals surface area (Å²) in [5.41, 5.74) is 7.17. The fraction of sp³-hybridized carbons (Fsp3) is 0.167. The van der Waals surface area contributed by atoms with Crippen LogP contribution in [-0.4, -0.2) is 21.9 Å². The lowest BCUT2D eigenvalue weighted by Crippen LogP contribution is -2.16. The molecule has 5 nitrogen and oxygen atoms in total. The van der Waals surface area contributed by atoms with E-state index in [9.17, 15) is 9.59 Å². The molecule has 17 heavy (non-hydrogen) atoms. The van der Waals surface area contributed by atoms with Crippen LogP contribution in [0.25, 0.3) is 5.69 Å². The topological polar surface area (TPSA) is 80.9 Å². The predicted octanol–water partition coefficient (Wildman–Crippen LogP) is 0.615. The van der Waals surface area contributed by atoms with E-state index in [2.05, 4.69) is 4.98 Å². The van der Waals surface area contributed by atoms with Crippen molar-refractivity contribution in [2.75, 3.05) is 6.54 Å². The molecule has 3 N–H and O–H groups in total. The lowest BCUT2D eigenvalue weighted by atomic mass is 10.1. The highest BCUT2D eigenvalue weighted by Gasteiger charge is 2.06. The molecule has 1 aromatic heterocycles.